The number of nitrogens with one attached hydrogen (secondary N) is 2. The minimum Gasteiger partial charge on any atom is -0.354 e. The van der Waals surface area contributed by atoms with E-state index in [0.29, 0.717) is 12.0 Å². The summed E-state index contributed by atoms with van der Waals surface area (Å²) in [5.74, 6) is 5.94. The standard InChI is InChI=1S/C9H21N5/c1-3-14-6-4-5-8(14)7-12-9(11-2)13-10/h8H,3-7,10H2,1-2H3,(H2,11,12,13). The lowest BCUT2D eigenvalue weighted by molar-refractivity contribution is 0.267. The maximum atomic E-state index is 5.28. The van der Waals surface area contributed by atoms with Crippen LogP contribution < -0.4 is 16.6 Å². The van der Waals surface area contributed by atoms with Gasteiger partial charge in [-0.05, 0) is 25.9 Å². The largest absolute Gasteiger partial charge is 0.354 e. The summed E-state index contributed by atoms with van der Waals surface area (Å²) in [6.45, 7) is 5.47. The van der Waals surface area contributed by atoms with Crippen molar-refractivity contribution in [2.24, 2.45) is 10.8 Å². The number of nitrogens with zero attached hydrogens (tertiary/aromatic N) is 2. The maximum Gasteiger partial charge on any atom is 0.205 e. The summed E-state index contributed by atoms with van der Waals surface area (Å²) in [5, 5.41) is 3.20. The minimum atomic E-state index is 0.630. The highest BCUT2D eigenvalue weighted by molar-refractivity contribution is 5.78. The molecule has 0 aromatic rings. The molecule has 1 unspecified atom stereocenters. The van der Waals surface area contributed by atoms with Gasteiger partial charge in [0, 0.05) is 19.6 Å². The number of hydrogen-bond donors (Lipinski definition) is 3. The molecule has 0 amide bonds. The van der Waals surface area contributed by atoms with E-state index in [1.54, 1.807) is 7.05 Å². The van der Waals surface area contributed by atoms with E-state index in [-0.39, 0.29) is 0 Å². The van der Waals surface area contributed by atoms with Crippen molar-refractivity contribution >= 4 is 5.96 Å². The molecule has 5 nitrogen and oxygen atoms in total. The van der Waals surface area contributed by atoms with Gasteiger partial charge in [-0.25, -0.2) is 5.84 Å². The molecular formula is C9H21N5. The Hall–Kier alpha value is -0.810. The Bertz CT molecular complexity index is 192. The molecule has 1 fully saturated rings. The Morgan fingerprint density at radius 1 is 1.64 bits per heavy atom. The molecule has 0 bridgehead atoms. The molecule has 4 N–H and O–H groups in total. The molecule has 1 heterocycles. The quantitative estimate of drug-likeness (QED) is 0.248. The number of guanidine groups is 1. The third-order valence-corrected chi connectivity index (χ3v) is 2.77. The molecule has 1 rings (SSSR count). The van der Waals surface area contributed by atoms with Gasteiger partial charge in [-0.15, -0.1) is 0 Å². The molecule has 82 valence electrons. The van der Waals surface area contributed by atoms with E-state index in [1.165, 1.54) is 19.4 Å². The Morgan fingerprint density at radius 2 is 2.43 bits per heavy atom. The number of likely N-dealkylation sites (tertiary alicyclic amines) is 1. The summed E-state index contributed by atoms with van der Waals surface area (Å²) in [5.41, 5.74) is 2.53. The van der Waals surface area contributed by atoms with Gasteiger partial charge in [0.15, 0.2) is 0 Å². The molecule has 0 spiro atoms. The number of aliphatic imine (C=N–C) groups is 1. The van der Waals surface area contributed by atoms with Gasteiger partial charge in [0.25, 0.3) is 0 Å². The van der Waals surface area contributed by atoms with E-state index in [2.05, 4.69) is 27.6 Å². The molecular weight excluding hydrogens is 178 g/mol. The predicted molar refractivity (Wildman–Crippen MR) is 59.0 cm³/mol. The minimum absolute atomic E-state index is 0.630. The maximum absolute atomic E-state index is 5.28. The van der Waals surface area contributed by atoms with E-state index >= 15 is 0 Å². The summed E-state index contributed by atoms with van der Waals surface area (Å²) in [4.78, 5) is 6.45. The first kappa shape index (κ1) is 11.3. The SMILES string of the molecule is CCN1CCCC1CNC(=NC)NN. The van der Waals surface area contributed by atoms with E-state index in [4.69, 9.17) is 5.84 Å². The van der Waals surface area contributed by atoms with Crippen LogP contribution in [0.5, 0.6) is 0 Å². The zero-order valence-electron chi connectivity index (χ0n) is 9.08. The van der Waals surface area contributed by atoms with E-state index in [9.17, 15) is 0 Å². The first-order valence-electron chi connectivity index (χ1n) is 5.23. The normalized spacial score (nSPS) is 23.9. The monoisotopic (exact) mass is 199 g/mol. The lowest BCUT2D eigenvalue weighted by atomic mass is 10.2. The van der Waals surface area contributed by atoms with Gasteiger partial charge >= 0.3 is 0 Å². The third-order valence-electron chi connectivity index (χ3n) is 2.77. The van der Waals surface area contributed by atoms with Gasteiger partial charge in [-0.2, -0.15) is 0 Å². The van der Waals surface area contributed by atoms with Gasteiger partial charge in [0.2, 0.25) is 5.96 Å². The highest BCUT2D eigenvalue weighted by Gasteiger charge is 2.22. The average molecular weight is 199 g/mol. The fourth-order valence-corrected chi connectivity index (χ4v) is 1.95. The number of hydrazine groups is 1. The zero-order valence-corrected chi connectivity index (χ0v) is 9.08. The summed E-state index contributed by atoms with van der Waals surface area (Å²) in [6.07, 6.45) is 2.57. The van der Waals surface area contributed by atoms with E-state index in [0.717, 1.165) is 13.1 Å². The summed E-state index contributed by atoms with van der Waals surface area (Å²) >= 11 is 0. The number of nitrogens with two attached hydrogens (primary N) is 1. The van der Waals surface area contributed by atoms with Crippen LogP contribution >= 0.6 is 0 Å². The van der Waals surface area contributed by atoms with Crippen molar-refractivity contribution in [2.45, 2.75) is 25.8 Å². The van der Waals surface area contributed by atoms with Gasteiger partial charge in [0.05, 0.1) is 0 Å². The molecule has 0 saturated carbocycles. The predicted octanol–water partition coefficient (Wildman–Crippen LogP) is -0.491. The summed E-state index contributed by atoms with van der Waals surface area (Å²) in [6, 6.07) is 0.630. The van der Waals surface area contributed by atoms with Crippen LogP contribution in [0.4, 0.5) is 0 Å². The van der Waals surface area contributed by atoms with Crippen molar-refractivity contribution < 1.29 is 0 Å². The van der Waals surface area contributed by atoms with Crippen molar-refractivity contribution in [3.05, 3.63) is 0 Å². The molecule has 0 radical (unpaired) electrons. The van der Waals surface area contributed by atoms with Crippen molar-refractivity contribution in [3.63, 3.8) is 0 Å². The molecule has 0 aromatic heterocycles. The Labute approximate surface area is 85.7 Å². The van der Waals surface area contributed by atoms with Gasteiger partial charge in [-0.1, -0.05) is 6.92 Å². The molecule has 0 aliphatic carbocycles. The van der Waals surface area contributed by atoms with Crippen LogP contribution in [-0.4, -0.2) is 43.6 Å². The molecule has 1 aliphatic heterocycles. The van der Waals surface area contributed by atoms with Gasteiger partial charge < -0.3 is 5.32 Å². The fraction of sp³-hybridized carbons (Fsp3) is 0.889. The smallest absolute Gasteiger partial charge is 0.205 e. The molecule has 5 heteroatoms. The van der Waals surface area contributed by atoms with Crippen molar-refractivity contribution in [2.75, 3.05) is 26.7 Å². The Balaban J connectivity index is 2.29. The highest BCUT2D eigenvalue weighted by Crippen LogP contribution is 2.15. The molecule has 1 atom stereocenters. The Morgan fingerprint density at radius 3 is 3.00 bits per heavy atom. The van der Waals surface area contributed by atoms with Crippen molar-refractivity contribution in [1.29, 1.82) is 0 Å². The Kier molecular flexibility index (Phi) is 4.69. The summed E-state index contributed by atoms with van der Waals surface area (Å²) < 4.78 is 0. The summed E-state index contributed by atoms with van der Waals surface area (Å²) in [7, 11) is 1.72. The lowest BCUT2D eigenvalue weighted by Gasteiger charge is -2.23. The van der Waals surface area contributed by atoms with Crippen LogP contribution in [0.1, 0.15) is 19.8 Å². The first-order valence-corrected chi connectivity index (χ1v) is 5.23. The topological polar surface area (TPSA) is 65.7 Å². The number of likely N-dealkylation sites (N-methyl/N-ethyl adjacent to an activating group) is 1. The zero-order chi connectivity index (χ0) is 10.4. The van der Waals surface area contributed by atoms with Crippen LogP contribution in [0.25, 0.3) is 0 Å². The van der Waals surface area contributed by atoms with Crippen molar-refractivity contribution in [3.8, 4) is 0 Å². The van der Waals surface area contributed by atoms with Gasteiger partial charge in [0.1, 0.15) is 0 Å². The van der Waals surface area contributed by atoms with Crippen LogP contribution in [0.3, 0.4) is 0 Å². The second-order valence-electron chi connectivity index (χ2n) is 3.52. The van der Waals surface area contributed by atoms with Crippen LogP contribution in [0.2, 0.25) is 0 Å². The fourth-order valence-electron chi connectivity index (χ4n) is 1.95. The van der Waals surface area contributed by atoms with E-state index in [1.807, 2.05) is 0 Å². The van der Waals surface area contributed by atoms with E-state index < -0.39 is 0 Å². The third kappa shape index (κ3) is 2.85. The van der Waals surface area contributed by atoms with Crippen molar-refractivity contribution in [1.82, 2.24) is 15.6 Å². The van der Waals surface area contributed by atoms with Crippen LogP contribution in [0.15, 0.2) is 4.99 Å². The molecule has 14 heavy (non-hydrogen) atoms. The number of rotatable bonds is 3. The average Bonchev–Trinajstić information content (AvgIpc) is 2.67. The molecule has 1 aliphatic rings. The second kappa shape index (κ2) is 5.82. The lowest BCUT2D eigenvalue weighted by Crippen LogP contribution is -2.46. The second-order valence-corrected chi connectivity index (χ2v) is 3.52. The van der Waals surface area contributed by atoms with Gasteiger partial charge in [-0.3, -0.25) is 15.3 Å². The highest BCUT2D eigenvalue weighted by atomic mass is 15.3. The number of hydrogen-bond acceptors (Lipinski definition) is 3. The van der Waals surface area contributed by atoms with Crippen LogP contribution in [0, 0.1) is 0 Å². The molecule has 0 aromatic carbocycles. The first-order chi connectivity index (χ1) is 6.81. The molecule has 1 saturated heterocycles. The van der Waals surface area contributed by atoms with Crippen LogP contribution in [-0.2, 0) is 0 Å².